The topological polar surface area (TPSA) is 53.4 Å². The number of aliphatic hydroxyl groups is 2. The quantitative estimate of drug-likeness (QED) is 0.758. The van der Waals surface area contributed by atoms with Crippen molar-refractivity contribution < 1.29 is 10.2 Å². The molecule has 1 saturated carbocycles. The molecule has 2 N–H and O–H groups in total. The molecule has 1 atom stereocenters. The predicted octanol–water partition coefficient (Wildman–Crippen LogP) is 1.48. The highest BCUT2D eigenvalue weighted by Crippen LogP contribution is 2.39. The number of aromatic nitrogens is 1. The number of nitrogens with zero attached hydrogens (tertiary/aromatic N) is 1. The van der Waals surface area contributed by atoms with Crippen LogP contribution in [0.1, 0.15) is 37.5 Å². The fraction of sp³-hybridized carbons (Fsp3) is 0.667. The summed E-state index contributed by atoms with van der Waals surface area (Å²) in [5.41, 5.74) is -0.317. The van der Waals surface area contributed by atoms with Crippen LogP contribution in [-0.2, 0) is 0 Å². The molecule has 72 valence electrons. The van der Waals surface area contributed by atoms with E-state index in [0.29, 0.717) is 18.5 Å². The zero-order chi connectivity index (χ0) is 9.31. The Hall–Kier alpha value is -0.450. The normalized spacial score (nSPS) is 23.2. The third-order valence-corrected chi connectivity index (χ3v) is 3.29. The van der Waals surface area contributed by atoms with Gasteiger partial charge in [-0.05, 0) is 30.4 Å². The Morgan fingerprint density at radius 3 is 2.69 bits per heavy atom. The Labute approximate surface area is 81.2 Å². The third kappa shape index (κ3) is 1.61. The smallest absolute Gasteiger partial charge is 0.126 e. The first kappa shape index (κ1) is 9.12. The van der Waals surface area contributed by atoms with E-state index < -0.39 is 11.7 Å². The molecule has 1 heterocycles. The van der Waals surface area contributed by atoms with Crippen LogP contribution in [0.4, 0.5) is 0 Å². The van der Waals surface area contributed by atoms with E-state index in [1.54, 1.807) is 6.07 Å². The lowest BCUT2D eigenvalue weighted by molar-refractivity contribution is -0.0734. The van der Waals surface area contributed by atoms with Crippen molar-refractivity contribution in [2.75, 3.05) is 0 Å². The maximum absolute atomic E-state index is 10.0. The zero-order valence-corrected chi connectivity index (χ0v) is 8.13. The summed E-state index contributed by atoms with van der Waals surface area (Å²) >= 11 is 1.30. The summed E-state index contributed by atoms with van der Waals surface area (Å²) in [6.07, 6.45) is 2.56. The van der Waals surface area contributed by atoms with Crippen LogP contribution in [0.3, 0.4) is 0 Å². The van der Waals surface area contributed by atoms with Gasteiger partial charge in [0.25, 0.3) is 0 Å². The molecule has 0 aliphatic heterocycles. The van der Waals surface area contributed by atoms with Gasteiger partial charge in [0.05, 0.1) is 11.3 Å². The van der Waals surface area contributed by atoms with E-state index in [1.807, 2.05) is 5.38 Å². The van der Waals surface area contributed by atoms with E-state index in [9.17, 15) is 10.2 Å². The van der Waals surface area contributed by atoms with E-state index in [0.717, 1.165) is 12.8 Å². The second-order valence-electron chi connectivity index (χ2n) is 3.64. The van der Waals surface area contributed by atoms with Gasteiger partial charge >= 0.3 is 0 Å². The Bertz CT molecular complexity index is 267. The van der Waals surface area contributed by atoms with Gasteiger partial charge in [-0.2, -0.15) is 4.37 Å². The fourth-order valence-corrected chi connectivity index (χ4v) is 2.44. The molecular formula is C9H13NO2S. The van der Waals surface area contributed by atoms with Gasteiger partial charge in [0.1, 0.15) is 6.10 Å². The molecule has 0 bridgehead atoms. The SMILES string of the molecule is OC(c1ccsn1)C1(O)CCCC1. The first-order chi connectivity index (χ1) is 6.22. The molecule has 1 aromatic rings. The Morgan fingerprint density at radius 1 is 1.46 bits per heavy atom. The monoisotopic (exact) mass is 199 g/mol. The molecule has 3 nitrogen and oxygen atoms in total. The van der Waals surface area contributed by atoms with Gasteiger partial charge in [-0.3, -0.25) is 0 Å². The van der Waals surface area contributed by atoms with Gasteiger partial charge in [-0.1, -0.05) is 12.8 Å². The third-order valence-electron chi connectivity index (χ3n) is 2.72. The molecule has 1 fully saturated rings. The van der Waals surface area contributed by atoms with Crippen LogP contribution in [0.5, 0.6) is 0 Å². The molecule has 1 unspecified atom stereocenters. The fourth-order valence-electron chi connectivity index (χ4n) is 1.90. The molecule has 1 aromatic heterocycles. The average molecular weight is 199 g/mol. The first-order valence-corrected chi connectivity index (χ1v) is 5.37. The van der Waals surface area contributed by atoms with Crippen molar-refractivity contribution in [1.82, 2.24) is 4.37 Å². The van der Waals surface area contributed by atoms with Crippen molar-refractivity contribution in [3.63, 3.8) is 0 Å². The molecule has 1 aliphatic carbocycles. The zero-order valence-electron chi connectivity index (χ0n) is 7.31. The maximum Gasteiger partial charge on any atom is 0.126 e. The van der Waals surface area contributed by atoms with Crippen LogP contribution in [0.15, 0.2) is 11.4 Å². The van der Waals surface area contributed by atoms with Crippen LogP contribution in [0.2, 0.25) is 0 Å². The highest BCUT2D eigenvalue weighted by atomic mass is 32.1. The van der Waals surface area contributed by atoms with Gasteiger partial charge in [0.2, 0.25) is 0 Å². The van der Waals surface area contributed by atoms with Crippen molar-refractivity contribution >= 4 is 11.5 Å². The van der Waals surface area contributed by atoms with Gasteiger partial charge in [-0.25, -0.2) is 0 Å². The lowest BCUT2D eigenvalue weighted by atomic mass is 9.93. The van der Waals surface area contributed by atoms with Crippen LogP contribution in [0.25, 0.3) is 0 Å². The molecular weight excluding hydrogens is 186 g/mol. The number of aliphatic hydroxyl groups excluding tert-OH is 1. The summed E-state index contributed by atoms with van der Waals surface area (Å²) in [6, 6.07) is 1.77. The molecule has 0 amide bonds. The molecule has 0 radical (unpaired) electrons. The summed E-state index contributed by atoms with van der Waals surface area (Å²) in [5.74, 6) is 0. The van der Waals surface area contributed by atoms with Crippen LogP contribution in [0, 0.1) is 0 Å². The largest absolute Gasteiger partial charge is 0.387 e. The summed E-state index contributed by atoms with van der Waals surface area (Å²) < 4.78 is 4.04. The van der Waals surface area contributed by atoms with Crippen molar-refractivity contribution in [3.8, 4) is 0 Å². The maximum atomic E-state index is 10.0. The van der Waals surface area contributed by atoms with E-state index in [-0.39, 0.29) is 0 Å². The highest BCUT2D eigenvalue weighted by Gasteiger charge is 2.40. The molecule has 0 aromatic carbocycles. The van der Waals surface area contributed by atoms with Crippen molar-refractivity contribution in [2.24, 2.45) is 0 Å². The average Bonchev–Trinajstić information content (AvgIpc) is 2.73. The minimum absolute atomic E-state index is 0.606. The number of hydrogen-bond donors (Lipinski definition) is 2. The van der Waals surface area contributed by atoms with Gasteiger partial charge < -0.3 is 10.2 Å². The van der Waals surface area contributed by atoms with Crippen LogP contribution < -0.4 is 0 Å². The Morgan fingerprint density at radius 2 is 2.15 bits per heavy atom. The Kier molecular flexibility index (Phi) is 2.36. The summed E-state index contributed by atoms with van der Waals surface area (Å²) in [5, 5.41) is 21.7. The van der Waals surface area contributed by atoms with E-state index in [4.69, 9.17) is 0 Å². The van der Waals surface area contributed by atoms with Crippen molar-refractivity contribution in [2.45, 2.75) is 37.4 Å². The molecule has 0 spiro atoms. The molecule has 4 heteroatoms. The van der Waals surface area contributed by atoms with E-state index in [2.05, 4.69) is 4.37 Å². The second-order valence-corrected chi connectivity index (χ2v) is 4.30. The molecule has 2 rings (SSSR count). The van der Waals surface area contributed by atoms with Gasteiger partial charge in [-0.15, -0.1) is 0 Å². The van der Waals surface area contributed by atoms with E-state index in [1.165, 1.54) is 11.5 Å². The lowest BCUT2D eigenvalue weighted by Crippen LogP contribution is -2.33. The van der Waals surface area contributed by atoms with Crippen LogP contribution in [-0.4, -0.2) is 20.2 Å². The van der Waals surface area contributed by atoms with Crippen molar-refractivity contribution in [3.05, 3.63) is 17.1 Å². The summed E-state index contributed by atoms with van der Waals surface area (Å²) in [4.78, 5) is 0. The first-order valence-electron chi connectivity index (χ1n) is 4.53. The van der Waals surface area contributed by atoms with Crippen LogP contribution >= 0.6 is 11.5 Å². The minimum atomic E-state index is -0.923. The molecule has 0 saturated heterocycles. The summed E-state index contributed by atoms with van der Waals surface area (Å²) in [6.45, 7) is 0. The summed E-state index contributed by atoms with van der Waals surface area (Å²) in [7, 11) is 0. The Balaban J connectivity index is 2.16. The minimum Gasteiger partial charge on any atom is -0.387 e. The number of hydrogen-bond acceptors (Lipinski definition) is 4. The van der Waals surface area contributed by atoms with Gasteiger partial charge in [0, 0.05) is 5.38 Å². The molecule has 1 aliphatic rings. The standard InChI is InChI=1S/C9H13NO2S/c11-8(7-3-6-13-10-7)9(12)4-1-2-5-9/h3,6,8,11-12H,1-2,4-5H2. The second kappa shape index (κ2) is 3.36. The predicted molar refractivity (Wildman–Crippen MR) is 50.5 cm³/mol. The van der Waals surface area contributed by atoms with E-state index >= 15 is 0 Å². The lowest BCUT2D eigenvalue weighted by Gasteiger charge is -2.26. The number of rotatable bonds is 2. The highest BCUT2D eigenvalue weighted by molar-refractivity contribution is 7.03. The van der Waals surface area contributed by atoms with Gasteiger partial charge in [0.15, 0.2) is 0 Å². The van der Waals surface area contributed by atoms with Crippen molar-refractivity contribution in [1.29, 1.82) is 0 Å². The molecule has 13 heavy (non-hydrogen) atoms.